The molecule has 0 aliphatic rings. The first-order valence-electron chi connectivity index (χ1n) is 2.69. The van der Waals surface area contributed by atoms with Crippen LogP contribution in [-0.4, -0.2) is 11.5 Å². The van der Waals surface area contributed by atoms with Gasteiger partial charge < -0.3 is 0 Å². The van der Waals surface area contributed by atoms with Crippen molar-refractivity contribution in [1.82, 2.24) is 0 Å². The van der Waals surface area contributed by atoms with Crippen molar-refractivity contribution in [2.24, 2.45) is 5.34 Å². The first kappa shape index (κ1) is 8.55. The van der Waals surface area contributed by atoms with Crippen molar-refractivity contribution in [3.8, 4) is 0 Å². The molecule has 0 N–H and O–H groups in total. The van der Waals surface area contributed by atoms with E-state index in [1.54, 1.807) is 13.8 Å². The first-order chi connectivity index (χ1) is 4.18. The van der Waals surface area contributed by atoms with E-state index < -0.39 is 10.2 Å². The molecule has 0 aliphatic carbocycles. The topological polar surface area (TPSA) is 55.7 Å². The first-order valence-corrected chi connectivity index (χ1v) is 4.51. The lowest BCUT2D eigenvalue weighted by atomic mass is 11.0. The van der Waals surface area contributed by atoms with Crippen LogP contribution in [0.2, 0.25) is 0 Å². The fourth-order valence-electron chi connectivity index (χ4n) is 0.365. The summed E-state index contributed by atoms with van der Waals surface area (Å²) in [7, 11) is -2.39. The molecule has 0 heterocycles. The molecule has 0 amide bonds. The van der Waals surface area contributed by atoms with E-state index in [2.05, 4.69) is 9.62 Å². The third kappa shape index (κ3) is 2.55. The summed E-state index contributed by atoms with van der Waals surface area (Å²) in [6, 6.07) is 0. The van der Waals surface area contributed by atoms with E-state index in [0.717, 1.165) is 0 Å². The molecular formula is C4H10NO3S+. The van der Waals surface area contributed by atoms with Gasteiger partial charge in [0.2, 0.25) is 5.34 Å². The summed E-state index contributed by atoms with van der Waals surface area (Å²) in [4.78, 5) is 9.49. The second kappa shape index (κ2) is 3.55. The lowest BCUT2D eigenvalue weighted by Gasteiger charge is -1.97. The van der Waals surface area contributed by atoms with Crippen LogP contribution in [0.25, 0.3) is 0 Å². The largest absolute Gasteiger partial charge is 0.291 e. The molecule has 0 rings (SSSR count). The fourth-order valence-corrected chi connectivity index (χ4v) is 1.09. The van der Waals surface area contributed by atoms with Crippen LogP contribution < -0.4 is 0 Å². The molecule has 4 nitrogen and oxygen atoms in total. The van der Waals surface area contributed by atoms with Crippen LogP contribution in [0.1, 0.15) is 13.8 Å². The molecule has 0 saturated heterocycles. The quantitative estimate of drug-likeness (QED) is 0.345. The third-order valence-corrected chi connectivity index (χ3v) is 3.14. The van der Waals surface area contributed by atoms with Crippen molar-refractivity contribution in [3.63, 3.8) is 0 Å². The monoisotopic (exact) mass is 152 g/mol. The summed E-state index contributed by atoms with van der Waals surface area (Å²) in [5.41, 5.74) is 0. The highest BCUT2D eigenvalue weighted by molar-refractivity contribution is 7.98. The molecule has 0 aliphatic heterocycles. The summed E-state index contributed by atoms with van der Waals surface area (Å²) in [5, 5.41) is 2.12. The van der Waals surface area contributed by atoms with Crippen LogP contribution in [-0.2, 0) is 18.7 Å². The standard InChI is InChI=1S/C4H10NO3S/c1-3-9(7,4-2)8-5-6/h3-4H2,1-2H3/q+1. The van der Waals surface area contributed by atoms with Gasteiger partial charge in [-0.05, 0) is 13.8 Å². The predicted octanol–water partition coefficient (Wildman–Crippen LogP) is 1.14. The second-order valence-corrected chi connectivity index (χ2v) is 4.26. The third-order valence-electron chi connectivity index (χ3n) is 1.05. The molecule has 0 aromatic carbocycles. The van der Waals surface area contributed by atoms with E-state index in [1.165, 1.54) is 0 Å². The minimum Gasteiger partial charge on any atom is -0.135 e. The zero-order chi connectivity index (χ0) is 7.33. The summed E-state index contributed by atoms with van der Waals surface area (Å²) >= 11 is 0. The summed E-state index contributed by atoms with van der Waals surface area (Å²) < 4.78 is 15.1. The van der Waals surface area contributed by atoms with Crippen molar-refractivity contribution >= 4 is 10.2 Å². The molecule has 0 aromatic rings. The fraction of sp³-hybridized carbons (Fsp3) is 1.00. The maximum Gasteiger partial charge on any atom is 0.291 e. The lowest BCUT2D eigenvalue weighted by Crippen LogP contribution is -2.17. The van der Waals surface area contributed by atoms with E-state index in [0.29, 0.717) is 11.5 Å². The summed E-state index contributed by atoms with van der Waals surface area (Å²) in [6.45, 7) is 3.38. The van der Waals surface area contributed by atoms with Crippen LogP contribution in [0.4, 0.5) is 0 Å². The van der Waals surface area contributed by atoms with Gasteiger partial charge >= 0.3 is 0 Å². The van der Waals surface area contributed by atoms with Crippen LogP contribution in [0.15, 0.2) is 5.34 Å². The van der Waals surface area contributed by atoms with Crippen molar-refractivity contribution in [2.45, 2.75) is 13.8 Å². The summed E-state index contributed by atoms with van der Waals surface area (Å²) in [6.07, 6.45) is 0. The molecule has 0 spiro atoms. The van der Waals surface area contributed by atoms with Crippen molar-refractivity contribution < 1.29 is 8.49 Å². The zero-order valence-electron chi connectivity index (χ0n) is 5.49. The van der Waals surface area contributed by atoms with Gasteiger partial charge in [-0.2, -0.15) is 0 Å². The Kier molecular flexibility index (Phi) is 3.37. The zero-order valence-corrected chi connectivity index (χ0v) is 6.31. The Balaban J connectivity index is 3.93. The maximum atomic E-state index is 11.0. The van der Waals surface area contributed by atoms with E-state index >= 15 is 0 Å². The van der Waals surface area contributed by atoms with Gasteiger partial charge in [-0.15, -0.1) is 9.19 Å². The minimum absolute atomic E-state index is 0.342. The lowest BCUT2D eigenvalue weighted by molar-refractivity contribution is 0.344. The normalized spacial score (nSPS) is 10.9. The number of hydrogen-bond acceptors (Lipinski definition) is 4. The molecule has 0 radical (unpaired) electrons. The molecule has 0 atom stereocenters. The smallest absolute Gasteiger partial charge is 0.135 e. The van der Waals surface area contributed by atoms with Crippen LogP contribution in [0, 0.1) is 4.91 Å². The Morgan fingerprint density at radius 1 is 1.44 bits per heavy atom. The molecule has 0 bridgehead atoms. The van der Waals surface area contributed by atoms with E-state index in [9.17, 15) is 9.12 Å². The van der Waals surface area contributed by atoms with Crippen molar-refractivity contribution in [3.05, 3.63) is 4.91 Å². The average Bonchev–Trinajstić information content (AvgIpc) is 1.89. The van der Waals surface area contributed by atoms with Crippen molar-refractivity contribution in [2.75, 3.05) is 11.5 Å². The predicted molar refractivity (Wildman–Crippen MR) is 36.0 cm³/mol. The van der Waals surface area contributed by atoms with Crippen LogP contribution in [0.5, 0.6) is 0 Å². The molecule has 9 heavy (non-hydrogen) atoms. The Bertz CT molecular complexity index is 128. The second-order valence-electron chi connectivity index (χ2n) is 1.47. The Morgan fingerprint density at radius 2 is 1.89 bits per heavy atom. The van der Waals surface area contributed by atoms with Crippen molar-refractivity contribution in [1.29, 1.82) is 0 Å². The van der Waals surface area contributed by atoms with E-state index in [4.69, 9.17) is 0 Å². The van der Waals surface area contributed by atoms with Gasteiger partial charge in [-0.3, -0.25) is 0 Å². The molecule has 0 unspecified atom stereocenters. The highest BCUT2D eigenvalue weighted by Gasteiger charge is 2.26. The molecule has 0 saturated carbocycles. The Hall–Kier alpha value is -0.450. The van der Waals surface area contributed by atoms with Crippen LogP contribution >= 0.6 is 0 Å². The maximum absolute atomic E-state index is 11.0. The SMILES string of the molecule is CC[S+](=O)(CC)ON=O. The average molecular weight is 152 g/mol. The van der Waals surface area contributed by atoms with Gasteiger partial charge in [0.05, 0.1) is 0 Å². The van der Waals surface area contributed by atoms with Gasteiger partial charge in [0.15, 0.2) is 11.5 Å². The van der Waals surface area contributed by atoms with Gasteiger partial charge in [0.1, 0.15) is 0 Å². The molecule has 54 valence electrons. The highest BCUT2D eigenvalue weighted by atomic mass is 32.3. The number of nitrogens with zero attached hydrogens (tertiary/aromatic N) is 1. The van der Waals surface area contributed by atoms with Gasteiger partial charge in [-0.1, -0.05) is 4.21 Å². The molecule has 0 fully saturated rings. The molecule has 0 aromatic heterocycles. The van der Waals surface area contributed by atoms with E-state index in [-0.39, 0.29) is 0 Å². The minimum atomic E-state index is -2.39. The summed E-state index contributed by atoms with van der Waals surface area (Å²) in [5.74, 6) is 0.685. The van der Waals surface area contributed by atoms with Gasteiger partial charge in [0.25, 0.3) is 10.2 Å². The van der Waals surface area contributed by atoms with Crippen LogP contribution in [0.3, 0.4) is 0 Å². The molecular weight excluding hydrogens is 142 g/mol. The van der Waals surface area contributed by atoms with Gasteiger partial charge in [0, 0.05) is 0 Å². The Morgan fingerprint density at radius 3 is 2.00 bits per heavy atom. The van der Waals surface area contributed by atoms with E-state index in [1.807, 2.05) is 0 Å². The Labute approximate surface area is 55.1 Å². The number of rotatable bonds is 4. The van der Waals surface area contributed by atoms with Gasteiger partial charge in [-0.25, -0.2) is 0 Å². The molecule has 5 heteroatoms. The number of hydrogen-bond donors (Lipinski definition) is 0. The highest BCUT2D eigenvalue weighted by Crippen LogP contribution is 2.05.